The second-order valence-corrected chi connectivity index (χ2v) is 8.50. The minimum absolute atomic E-state index is 0.0933. The molecule has 1 aliphatic rings. The number of esters is 1. The van der Waals surface area contributed by atoms with E-state index in [0.717, 1.165) is 11.8 Å². The molecule has 12 nitrogen and oxygen atoms in total. The Balaban J connectivity index is 0.00000118. The van der Waals surface area contributed by atoms with Gasteiger partial charge in [-0.15, -0.1) is 0 Å². The number of rotatable bonds is 9. The van der Waals surface area contributed by atoms with Gasteiger partial charge in [-0.05, 0) is 25.0 Å². The van der Waals surface area contributed by atoms with Crippen molar-refractivity contribution < 1.29 is 33.8 Å². The van der Waals surface area contributed by atoms with Crippen molar-refractivity contribution in [3.8, 4) is 0 Å². The molecule has 1 heterocycles. The third-order valence-electron chi connectivity index (χ3n) is 5.56. The number of aliphatic carboxylic acids is 1. The summed E-state index contributed by atoms with van der Waals surface area (Å²) in [6.45, 7) is 4.01. The third kappa shape index (κ3) is 7.63. The first kappa shape index (κ1) is 29.5. The van der Waals surface area contributed by atoms with E-state index in [1.165, 1.54) is 0 Å². The molecule has 202 valence electrons. The Morgan fingerprint density at radius 3 is 2.24 bits per heavy atom. The normalized spacial score (nSPS) is 17.0. The van der Waals surface area contributed by atoms with Crippen LogP contribution in [0.25, 0.3) is 0 Å². The molecule has 0 saturated carbocycles. The van der Waals surface area contributed by atoms with Gasteiger partial charge in [0.2, 0.25) is 5.91 Å². The molecule has 0 aliphatic carbocycles. The van der Waals surface area contributed by atoms with Gasteiger partial charge in [-0.2, -0.15) is 0 Å². The van der Waals surface area contributed by atoms with Gasteiger partial charge in [-0.25, -0.2) is 4.79 Å². The maximum Gasteiger partial charge on any atom is 0.325 e. The Labute approximate surface area is 219 Å². The smallest absolute Gasteiger partial charge is 0.325 e. The number of urea groups is 1. The summed E-state index contributed by atoms with van der Waals surface area (Å²) in [6.07, 6.45) is -0.0933. The number of carboxylic acid groups (broad SMARTS) is 1. The van der Waals surface area contributed by atoms with Gasteiger partial charge in [0.05, 0.1) is 19.1 Å². The highest BCUT2D eigenvalue weighted by Gasteiger charge is 2.49. The lowest BCUT2D eigenvalue weighted by Crippen LogP contribution is -2.44. The lowest BCUT2D eigenvalue weighted by molar-refractivity contribution is -0.144. The van der Waals surface area contributed by atoms with Gasteiger partial charge in [0.15, 0.2) is 0 Å². The summed E-state index contributed by atoms with van der Waals surface area (Å²) in [5.74, 6) is -2.62. The minimum Gasteiger partial charge on any atom is -0.481 e. The van der Waals surface area contributed by atoms with Gasteiger partial charge >= 0.3 is 12.0 Å². The summed E-state index contributed by atoms with van der Waals surface area (Å²) in [7, 11) is 0. The van der Waals surface area contributed by atoms with Crippen LogP contribution < -0.4 is 16.4 Å². The first-order chi connectivity index (χ1) is 17.9. The van der Waals surface area contributed by atoms with Gasteiger partial charge in [0, 0.05) is 12.5 Å². The van der Waals surface area contributed by atoms with Crippen LogP contribution in [0.3, 0.4) is 0 Å². The third-order valence-corrected chi connectivity index (χ3v) is 5.56. The molecule has 2 unspecified atom stereocenters. The van der Waals surface area contributed by atoms with E-state index < -0.39 is 47.9 Å². The van der Waals surface area contributed by atoms with Gasteiger partial charge in [0.25, 0.3) is 11.9 Å². The number of nitrogens with two attached hydrogens (primary N) is 1. The van der Waals surface area contributed by atoms with E-state index in [0.29, 0.717) is 16.7 Å². The fourth-order valence-electron chi connectivity index (χ4n) is 3.73. The summed E-state index contributed by atoms with van der Waals surface area (Å²) < 4.78 is 5.00. The molecule has 2 atom stereocenters. The average molecular weight is 526 g/mol. The summed E-state index contributed by atoms with van der Waals surface area (Å²) in [5.41, 5.74) is 5.75. The number of hydrogen-bond acceptors (Lipinski definition) is 7. The van der Waals surface area contributed by atoms with E-state index in [-0.39, 0.29) is 18.9 Å². The zero-order valence-corrected chi connectivity index (χ0v) is 21.3. The van der Waals surface area contributed by atoms with E-state index in [1.54, 1.807) is 62.4 Å². The highest BCUT2D eigenvalue weighted by atomic mass is 16.5. The fourth-order valence-corrected chi connectivity index (χ4v) is 3.73. The average Bonchev–Trinajstić information content (AvgIpc) is 3.07. The standard InChI is InChI=1S/C24H27N5O5.C2H4O2/c1-3-34-20(31)13-18(15-7-5-4-6-8-15)27-19(30)14-29-22(32)24(2,28-23(29)33)17-11-9-16(10-12-17)21(25)26;1-2(3)4/h4-12,18H,3,13-14H2,1-2H3,(H3,25,26)(H,27,30)(H,28,33);1H3,(H,3,4). The predicted molar refractivity (Wildman–Crippen MR) is 137 cm³/mol. The lowest BCUT2D eigenvalue weighted by atomic mass is 9.91. The Hall–Kier alpha value is -4.74. The molecule has 2 aromatic carbocycles. The molecular weight excluding hydrogens is 494 g/mol. The molecule has 6 N–H and O–H groups in total. The van der Waals surface area contributed by atoms with Gasteiger partial charge < -0.3 is 26.2 Å². The van der Waals surface area contributed by atoms with Crippen LogP contribution in [0.5, 0.6) is 0 Å². The molecule has 1 fully saturated rings. The molecule has 3 rings (SSSR count). The van der Waals surface area contributed by atoms with Crippen molar-refractivity contribution >= 4 is 35.6 Å². The molecule has 1 aliphatic heterocycles. The van der Waals surface area contributed by atoms with Crippen molar-refractivity contribution in [3.05, 3.63) is 71.3 Å². The summed E-state index contributed by atoms with van der Waals surface area (Å²) >= 11 is 0. The van der Waals surface area contributed by atoms with Crippen LogP contribution in [0.4, 0.5) is 4.79 Å². The van der Waals surface area contributed by atoms with Crippen molar-refractivity contribution in [3.63, 3.8) is 0 Å². The van der Waals surface area contributed by atoms with Crippen LogP contribution in [0.2, 0.25) is 0 Å². The van der Waals surface area contributed by atoms with Crippen molar-refractivity contribution in [1.29, 1.82) is 5.41 Å². The molecule has 0 aromatic heterocycles. The zero-order valence-electron chi connectivity index (χ0n) is 21.3. The van der Waals surface area contributed by atoms with E-state index in [2.05, 4.69) is 10.6 Å². The largest absolute Gasteiger partial charge is 0.481 e. The molecule has 0 bridgehead atoms. The second kappa shape index (κ2) is 13.0. The van der Waals surface area contributed by atoms with Crippen LogP contribution in [0.15, 0.2) is 54.6 Å². The summed E-state index contributed by atoms with van der Waals surface area (Å²) in [5, 5.41) is 20.3. The number of nitrogens with zero attached hydrogens (tertiary/aromatic N) is 1. The number of amidine groups is 1. The Morgan fingerprint density at radius 1 is 1.13 bits per heavy atom. The van der Waals surface area contributed by atoms with Crippen LogP contribution in [0, 0.1) is 5.41 Å². The summed E-state index contributed by atoms with van der Waals surface area (Å²) in [6, 6.07) is 13.9. The van der Waals surface area contributed by atoms with Gasteiger partial charge in [-0.1, -0.05) is 54.6 Å². The molecule has 38 heavy (non-hydrogen) atoms. The Morgan fingerprint density at radius 2 is 1.71 bits per heavy atom. The maximum absolute atomic E-state index is 13.1. The van der Waals surface area contributed by atoms with Gasteiger partial charge in [-0.3, -0.25) is 29.5 Å². The highest BCUT2D eigenvalue weighted by Crippen LogP contribution is 2.29. The van der Waals surface area contributed by atoms with E-state index in [9.17, 15) is 19.2 Å². The SMILES string of the molecule is CC(=O)O.CCOC(=O)CC(NC(=O)CN1C(=O)NC(C)(c2ccc(C(=N)N)cc2)C1=O)c1ccccc1. The molecule has 12 heteroatoms. The topological polar surface area (TPSA) is 192 Å². The minimum atomic E-state index is -1.38. The van der Waals surface area contributed by atoms with E-state index in [1.807, 2.05) is 6.07 Å². The first-order valence-electron chi connectivity index (χ1n) is 11.7. The number of hydrogen-bond donors (Lipinski definition) is 5. The summed E-state index contributed by atoms with van der Waals surface area (Å²) in [4.78, 5) is 60.4. The van der Waals surface area contributed by atoms with E-state index >= 15 is 0 Å². The quantitative estimate of drug-likeness (QED) is 0.141. The zero-order chi connectivity index (χ0) is 28.5. The highest BCUT2D eigenvalue weighted by molar-refractivity contribution is 6.09. The van der Waals surface area contributed by atoms with Gasteiger partial charge in [0.1, 0.15) is 17.9 Å². The predicted octanol–water partition coefficient (Wildman–Crippen LogP) is 1.64. The van der Waals surface area contributed by atoms with Crippen LogP contribution in [-0.4, -0.2) is 58.8 Å². The number of amides is 4. The number of carbonyl (C=O) groups is 5. The number of nitrogen functional groups attached to an aromatic ring is 1. The number of nitrogens with one attached hydrogen (secondary N) is 3. The molecular formula is C26H31N5O7. The lowest BCUT2D eigenvalue weighted by Gasteiger charge is -2.23. The van der Waals surface area contributed by atoms with Crippen LogP contribution in [0.1, 0.15) is 49.9 Å². The number of carboxylic acids is 1. The van der Waals surface area contributed by atoms with Crippen molar-refractivity contribution in [2.45, 2.75) is 38.8 Å². The van der Waals surface area contributed by atoms with Crippen LogP contribution >= 0.6 is 0 Å². The van der Waals surface area contributed by atoms with Crippen LogP contribution in [-0.2, 0) is 29.5 Å². The Kier molecular flexibility index (Phi) is 10.1. The first-order valence-corrected chi connectivity index (χ1v) is 11.7. The molecule has 4 amide bonds. The number of ether oxygens (including phenoxy) is 1. The molecule has 1 saturated heterocycles. The Bertz CT molecular complexity index is 1200. The van der Waals surface area contributed by atoms with Crippen molar-refractivity contribution in [1.82, 2.24) is 15.5 Å². The monoisotopic (exact) mass is 525 g/mol. The second-order valence-electron chi connectivity index (χ2n) is 8.50. The van der Waals surface area contributed by atoms with Crippen molar-refractivity contribution in [2.75, 3.05) is 13.2 Å². The number of benzene rings is 2. The molecule has 0 spiro atoms. The van der Waals surface area contributed by atoms with E-state index in [4.69, 9.17) is 25.8 Å². The molecule has 0 radical (unpaired) electrons. The maximum atomic E-state index is 13.1. The number of imide groups is 1. The van der Waals surface area contributed by atoms with Crippen molar-refractivity contribution in [2.24, 2.45) is 5.73 Å². The fraction of sp³-hybridized carbons (Fsp3) is 0.308. The number of carbonyl (C=O) groups excluding carboxylic acids is 4. The molecule has 2 aromatic rings.